The lowest BCUT2D eigenvalue weighted by molar-refractivity contribution is -0.141. The van der Waals surface area contributed by atoms with E-state index in [0.29, 0.717) is 12.5 Å². The maximum absolute atomic E-state index is 11.4. The van der Waals surface area contributed by atoms with Crippen LogP contribution in [0.2, 0.25) is 0 Å². The molecule has 3 unspecified atom stereocenters. The molecule has 2 rings (SSSR count). The molecule has 0 aromatic heterocycles. The molecule has 2 aliphatic rings. The molecule has 4 heteroatoms. The first-order valence-electron chi connectivity index (χ1n) is 6.96. The topological polar surface area (TPSA) is 38.3 Å². The molecule has 2 saturated carbocycles. The van der Waals surface area contributed by atoms with Crippen molar-refractivity contribution in [1.82, 2.24) is 5.32 Å². The van der Waals surface area contributed by atoms with Crippen molar-refractivity contribution < 1.29 is 9.53 Å². The largest absolute Gasteiger partial charge is 0.469 e. The van der Waals surface area contributed by atoms with Gasteiger partial charge in [0.1, 0.15) is 0 Å². The fraction of sp³-hybridized carbons (Fsp3) is 0.929. The van der Waals surface area contributed by atoms with E-state index in [9.17, 15) is 4.79 Å². The number of hydrogen-bond donors (Lipinski definition) is 1. The van der Waals surface area contributed by atoms with E-state index < -0.39 is 0 Å². The van der Waals surface area contributed by atoms with E-state index in [-0.39, 0.29) is 11.4 Å². The molecule has 104 valence electrons. The highest BCUT2D eigenvalue weighted by atomic mass is 32.2. The van der Waals surface area contributed by atoms with Crippen LogP contribution >= 0.6 is 11.8 Å². The van der Waals surface area contributed by atoms with Crippen LogP contribution < -0.4 is 5.32 Å². The summed E-state index contributed by atoms with van der Waals surface area (Å²) in [4.78, 5) is 11.4. The molecule has 0 amide bonds. The lowest BCUT2D eigenvalue weighted by atomic mass is 10.1. The molecular formula is C14H25NO2S. The lowest BCUT2D eigenvalue weighted by Crippen LogP contribution is -2.30. The highest BCUT2D eigenvalue weighted by Gasteiger charge is 2.45. The van der Waals surface area contributed by atoms with Crippen LogP contribution in [-0.2, 0) is 9.53 Å². The first-order chi connectivity index (χ1) is 8.60. The highest BCUT2D eigenvalue weighted by Crippen LogP contribution is 2.53. The van der Waals surface area contributed by atoms with Gasteiger partial charge in [0, 0.05) is 11.3 Å². The van der Waals surface area contributed by atoms with E-state index >= 15 is 0 Å². The maximum Gasteiger partial charge on any atom is 0.306 e. The van der Waals surface area contributed by atoms with Gasteiger partial charge in [-0.05, 0) is 49.8 Å². The van der Waals surface area contributed by atoms with Gasteiger partial charge in [-0.2, -0.15) is 11.8 Å². The van der Waals surface area contributed by atoms with Gasteiger partial charge in [0.05, 0.1) is 13.5 Å². The van der Waals surface area contributed by atoms with Crippen LogP contribution in [0.5, 0.6) is 0 Å². The number of thioether (sulfide) groups is 1. The van der Waals surface area contributed by atoms with E-state index in [4.69, 9.17) is 4.74 Å². The normalized spacial score (nSPS) is 33.4. The molecule has 2 fully saturated rings. The summed E-state index contributed by atoms with van der Waals surface area (Å²) in [5, 5.41) is 4.17. The number of hydrogen-bond acceptors (Lipinski definition) is 4. The summed E-state index contributed by atoms with van der Waals surface area (Å²) in [5.41, 5.74) is 0.273. The average molecular weight is 271 g/mol. The fourth-order valence-electron chi connectivity index (χ4n) is 2.98. The highest BCUT2D eigenvalue weighted by molar-refractivity contribution is 7.99. The van der Waals surface area contributed by atoms with Crippen LogP contribution in [0.4, 0.5) is 0 Å². The van der Waals surface area contributed by atoms with Crippen molar-refractivity contribution >= 4 is 17.7 Å². The van der Waals surface area contributed by atoms with Crippen LogP contribution in [0.3, 0.4) is 0 Å². The second-order valence-corrected chi connectivity index (χ2v) is 7.16. The van der Waals surface area contributed by atoms with Gasteiger partial charge in [0.15, 0.2) is 0 Å². The van der Waals surface area contributed by atoms with Crippen molar-refractivity contribution in [2.24, 2.45) is 11.3 Å². The van der Waals surface area contributed by atoms with Crippen LogP contribution in [0, 0.1) is 11.3 Å². The summed E-state index contributed by atoms with van der Waals surface area (Å²) in [7, 11) is 3.55. The summed E-state index contributed by atoms with van der Waals surface area (Å²) in [6.07, 6.45) is 5.62. The first kappa shape index (κ1) is 14.2. The lowest BCUT2D eigenvalue weighted by Gasteiger charge is -2.22. The zero-order valence-electron chi connectivity index (χ0n) is 11.7. The van der Waals surface area contributed by atoms with Crippen LogP contribution in [0.15, 0.2) is 0 Å². The maximum atomic E-state index is 11.4. The Kier molecular flexibility index (Phi) is 4.59. The Morgan fingerprint density at radius 2 is 2.17 bits per heavy atom. The van der Waals surface area contributed by atoms with Gasteiger partial charge >= 0.3 is 5.97 Å². The molecule has 0 aromatic rings. The van der Waals surface area contributed by atoms with Crippen LogP contribution in [0.25, 0.3) is 0 Å². The average Bonchev–Trinajstić information content (AvgIpc) is 3.03. The quantitative estimate of drug-likeness (QED) is 0.753. The van der Waals surface area contributed by atoms with Gasteiger partial charge in [-0.1, -0.05) is 6.92 Å². The molecule has 2 aliphatic carbocycles. The Balaban J connectivity index is 1.77. The van der Waals surface area contributed by atoms with Crippen molar-refractivity contribution in [3.05, 3.63) is 0 Å². The van der Waals surface area contributed by atoms with Crippen molar-refractivity contribution in [2.45, 2.75) is 50.3 Å². The third-order valence-corrected chi connectivity index (χ3v) is 6.53. The van der Waals surface area contributed by atoms with Gasteiger partial charge in [0.25, 0.3) is 0 Å². The summed E-state index contributed by atoms with van der Waals surface area (Å²) in [6.45, 7) is 2.35. The molecule has 0 aliphatic heterocycles. The number of carbonyl (C=O) groups excluding carboxylic acids is 1. The Labute approximate surface area is 114 Å². The molecule has 3 atom stereocenters. The van der Waals surface area contributed by atoms with Crippen molar-refractivity contribution in [1.29, 1.82) is 0 Å². The zero-order chi connectivity index (χ0) is 13.2. The Bertz CT molecular complexity index is 304. The summed E-state index contributed by atoms with van der Waals surface area (Å²) >= 11 is 2.09. The Hall–Kier alpha value is -0.220. The second-order valence-electron chi connectivity index (χ2n) is 5.93. The number of rotatable bonds is 6. The van der Waals surface area contributed by atoms with E-state index in [2.05, 4.69) is 31.1 Å². The third-order valence-electron chi connectivity index (χ3n) is 4.66. The van der Waals surface area contributed by atoms with Crippen LogP contribution in [-0.4, -0.2) is 37.2 Å². The first-order valence-corrected chi connectivity index (χ1v) is 8.01. The molecule has 1 N–H and O–H groups in total. The van der Waals surface area contributed by atoms with Gasteiger partial charge in [-0.3, -0.25) is 4.79 Å². The van der Waals surface area contributed by atoms with E-state index in [0.717, 1.165) is 16.9 Å². The van der Waals surface area contributed by atoms with Crippen molar-refractivity contribution in [3.63, 3.8) is 0 Å². The Morgan fingerprint density at radius 3 is 2.67 bits per heavy atom. The third kappa shape index (κ3) is 3.21. The van der Waals surface area contributed by atoms with E-state index in [1.54, 1.807) is 0 Å². The van der Waals surface area contributed by atoms with Gasteiger partial charge in [0.2, 0.25) is 0 Å². The SMILES string of the molecule is CNC1CCC(SCC2(CC(=O)OC)CC2)C1C. The molecule has 0 radical (unpaired) electrons. The minimum Gasteiger partial charge on any atom is -0.469 e. The minimum absolute atomic E-state index is 0.0410. The predicted molar refractivity (Wildman–Crippen MR) is 75.8 cm³/mol. The molecule has 0 heterocycles. The Morgan fingerprint density at radius 1 is 1.44 bits per heavy atom. The molecule has 3 nitrogen and oxygen atoms in total. The molecule has 0 saturated heterocycles. The van der Waals surface area contributed by atoms with Crippen molar-refractivity contribution in [3.8, 4) is 0 Å². The number of methoxy groups -OCH3 is 1. The van der Waals surface area contributed by atoms with Gasteiger partial charge in [-0.15, -0.1) is 0 Å². The monoisotopic (exact) mass is 271 g/mol. The summed E-state index contributed by atoms with van der Waals surface area (Å²) in [5.74, 6) is 1.84. The number of ether oxygens (including phenoxy) is 1. The molecule has 0 bridgehead atoms. The predicted octanol–water partition coefficient (Wildman–Crippen LogP) is 2.45. The standard InChI is InChI=1S/C14H25NO2S/c1-10-11(15-2)4-5-12(10)18-9-14(6-7-14)8-13(16)17-3/h10-12,15H,4-9H2,1-3H3. The van der Waals surface area contributed by atoms with E-state index in [1.165, 1.54) is 32.8 Å². The van der Waals surface area contributed by atoms with Gasteiger partial charge < -0.3 is 10.1 Å². The second kappa shape index (κ2) is 5.83. The van der Waals surface area contributed by atoms with Crippen LogP contribution in [0.1, 0.15) is 39.0 Å². The molecule has 18 heavy (non-hydrogen) atoms. The number of carbonyl (C=O) groups is 1. The summed E-state index contributed by atoms with van der Waals surface area (Å²) < 4.78 is 4.80. The number of esters is 1. The van der Waals surface area contributed by atoms with Crippen molar-refractivity contribution in [2.75, 3.05) is 19.9 Å². The van der Waals surface area contributed by atoms with Gasteiger partial charge in [-0.25, -0.2) is 0 Å². The fourth-order valence-corrected chi connectivity index (χ4v) is 4.74. The molecule has 0 spiro atoms. The minimum atomic E-state index is -0.0410. The molecule has 0 aromatic carbocycles. The smallest absolute Gasteiger partial charge is 0.306 e. The summed E-state index contributed by atoms with van der Waals surface area (Å²) in [6, 6.07) is 0.679. The molecular weight excluding hydrogens is 246 g/mol. The number of nitrogens with one attached hydrogen (secondary N) is 1. The van der Waals surface area contributed by atoms with E-state index in [1.807, 2.05) is 0 Å². The zero-order valence-corrected chi connectivity index (χ0v) is 12.5.